The molecule has 0 saturated carbocycles. The zero-order valence-corrected chi connectivity index (χ0v) is 16.0. The maximum atomic E-state index is 11.9. The molecule has 0 bridgehead atoms. The van der Waals surface area contributed by atoms with Crippen LogP contribution in [0, 0.1) is 13.8 Å². The van der Waals surface area contributed by atoms with Gasteiger partial charge in [-0.05, 0) is 37.1 Å². The van der Waals surface area contributed by atoms with E-state index in [2.05, 4.69) is 62.7 Å². The van der Waals surface area contributed by atoms with E-state index in [-0.39, 0.29) is 5.63 Å². The molecule has 0 saturated heterocycles. The van der Waals surface area contributed by atoms with Crippen LogP contribution in [0.2, 0.25) is 0 Å². The molecular formula is C22H28N2O2+2. The van der Waals surface area contributed by atoms with Crippen LogP contribution in [0.1, 0.15) is 28.3 Å². The molecule has 3 N–H and O–H groups in total. The molecule has 1 atom stereocenters. The summed E-state index contributed by atoms with van der Waals surface area (Å²) in [5.74, 6) is 0. The summed E-state index contributed by atoms with van der Waals surface area (Å²) in [6.45, 7) is 5.85. The predicted octanol–water partition coefficient (Wildman–Crippen LogP) is 1.36. The normalized spacial score (nSPS) is 12.7. The summed E-state index contributed by atoms with van der Waals surface area (Å²) >= 11 is 0. The number of quaternary nitrogens is 2. The Bertz CT molecular complexity index is 946. The summed E-state index contributed by atoms with van der Waals surface area (Å²) in [4.78, 5) is 13.3. The molecule has 0 aliphatic carbocycles. The lowest BCUT2D eigenvalue weighted by Crippen LogP contribution is -3.09. The Morgan fingerprint density at radius 2 is 1.73 bits per heavy atom. The van der Waals surface area contributed by atoms with Gasteiger partial charge in [0.15, 0.2) is 6.04 Å². The number of fused-ring (bicyclic) bond motifs is 1. The van der Waals surface area contributed by atoms with Gasteiger partial charge in [-0.1, -0.05) is 30.3 Å². The van der Waals surface area contributed by atoms with Crippen LogP contribution in [0.4, 0.5) is 0 Å². The number of aryl methyl sites for hydroxylation is 2. The molecule has 2 aromatic carbocycles. The SMILES string of the molecule is Cc1cc2oc(=O)cc(C[NH2+]C[C@H](c3ccccc3)[NH+](C)C)c2cc1C. The molecule has 4 nitrogen and oxygen atoms in total. The van der Waals surface area contributed by atoms with Crippen molar-refractivity contribution in [1.29, 1.82) is 0 Å². The van der Waals surface area contributed by atoms with Gasteiger partial charge in [-0.15, -0.1) is 0 Å². The number of benzene rings is 2. The number of likely N-dealkylation sites (N-methyl/N-ethyl adjacent to an activating group) is 1. The number of nitrogens with one attached hydrogen (secondary N) is 1. The molecule has 1 heterocycles. The highest BCUT2D eigenvalue weighted by atomic mass is 16.4. The van der Waals surface area contributed by atoms with E-state index in [0.717, 1.165) is 29.6 Å². The van der Waals surface area contributed by atoms with Crippen molar-refractivity contribution in [3.8, 4) is 0 Å². The fourth-order valence-corrected chi connectivity index (χ4v) is 3.45. The molecule has 0 aliphatic rings. The zero-order valence-electron chi connectivity index (χ0n) is 16.0. The third-order valence-corrected chi connectivity index (χ3v) is 5.11. The summed E-state index contributed by atoms with van der Waals surface area (Å²) in [6, 6.07) is 16.7. The molecule has 26 heavy (non-hydrogen) atoms. The van der Waals surface area contributed by atoms with E-state index in [1.54, 1.807) is 6.07 Å². The Morgan fingerprint density at radius 1 is 1.04 bits per heavy atom. The molecule has 0 fully saturated rings. The minimum absolute atomic E-state index is 0.276. The summed E-state index contributed by atoms with van der Waals surface area (Å²) in [5, 5.41) is 3.33. The van der Waals surface area contributed by atoms with Crippen molar-refractivity contribution in [1.82, 2.24) is 0 Å². The van der Waals surface area contributed by atoms with Gasteiger partial charge in [0.1, 0.15) is 18.7 Å². The fraction of sp³-hybridized carbons (Fsp3) is 0.318. The van der Waals surface area contributed by atoms with E-state index < -0.39 is 0 Å². The second-order valence-electron chi connectivity index (χ2n) is 7.29. The van der Waals surface area contributed by atoms with Crippen molar-refractivity contribution < 1.29 is 14.6 Å². The number of hydrogen-bond donors (Lipinski definition) is 2. The van der Waals surface area contributed by atoms with Crippen LogP contribution in [-0.4, -0.2) is 20.6 Å². The number of hydrogen-bond acceptors (Lipinski definition) is 2. The quantitative estimate of drug-likeness (QED) is 0.658. The Kier molecular flexibility index (Phi) is 5.55. The van der Waals surface area contributed by atoms with Gasteiger partial charge in [-0.25, -0.2) is 4.79 Å². The second-order valence-corrected chi connectivity index (χ2v) is 7.29. The van der Waals surface area contributed by atoms with Gasteiger partial charge in [0.05, 0.1) is 14.1 Å². The van der Waals surface area contributed by atoms with E-state index in [4.69, 9.17) is 4.42 Å². The lowest BCUT2D eigenvalue weighted by Gasteiger charge is -2.20. The molecule has 3 rings (SSSR count). The smallest absolute Gasteiger partial charge is 0.336 e. The van der Waals surface area contributed by atoms with Gasteiger partial charge in [0.25, 0.3) is 0 Å². The first-order valence-corrected chi connectivity index (χ1v) is 9.16. The van der Waals surface area contributed by atoms with Crippen molar-refractivity contribution in [2.75, 3.05) is 20.6 Å². The number of nitrogens with two attached hydrogens (primary N) is 1. The standard InChI is InChI=1S/C22H26N2O2/c1-15-10-19-18(12-22(25)26-21(19)11-16(15)2)13-23-14-20(24(3)4)17-8-6-5-7-9-17/h5-12,20,23H,13-14H2,1-4H3/p+2/t20-/m1/s1. The predicted molar refractivity (Wildman–Crippen MR) is 104 cm³/mol. The average molecular weight is 352 g/mol. The van der Waals surface area contributed by atoms with Crippen molar-refractivity contribution in [2.24, 2.45) is 0 Å². The van der Waals surface area contributed by atoms with Gasteiger partial charge in [-0.2, -0.15) is 0 Å². The minimum atomic E-state index is -0.276. The van der Waals surface area contributed by atoms with E-state index in [9.17, 15) is 4.79 Å². The first kappa shape index (κ1) is 18.4. The molecule has 1 aromatic heterocycles. The van der Waals surface area contributed by atoms with Gasteiger partial charge in [0.2, 0.25) is 0 Å². The first-order chi connectivity index (χ1) is 12.5. The molecule has 0 unspecified atom stereocenters. The fourth-order valence-electron chi connectivity index (χ4n) is 3.45. The highest BCUT2D eigenvalue weighted by Gasteiger charge is 2.19. The van der Waals surface area contributed by atoms with Gasteiger partial charge in [0, 0.05) is 22.6 Å². The Labute approximate surface area is 154 Å². The van der Waals surface area contributed by atoms with Crippen LogP contribution >= 0.6 is 0 Å². The Hall–Kier alpha value is -2.43. The highest BCUT2D eigenvalue weighted by molar-refractivity contribution is 5.81. The Morgan fingerprint density at radius 3 is 2.42 bits per heavy atom. The van der Waals surface area contributed by atoms with E-state index in [0.29, 0.717) is 11.6 Å². The van der Waals surface area contributed by atoms with Crippen molar-refractivity contribution in [3.63, 3.8) is 0 Å². The molecular weight excluding hydrogens is 324 g/mol. The van der Waals surface area contributed by atoms with Crippen LogP contribution in [-0.2, 0) is 6.54 Å². The Balaban J connectivity index is 1.81. The van der Waals surface area contributed by atoms with Crippen LogP contribution in [0.5, 0.6) is 0 Å². The molecule has 0 spiro atoms. The maximum Gasteiger partial charge on any atom is 0.336 e. The van der Waals surface area contributed by atoms with E-state index in [1.165, 1.54) is 16.0 Å². The van der Waals surface area contributed by atoms with Crippen molar-refractivity contribution in [3.05, 3.63) is 81.2 Å². The van der Waals surface area contributed by atoms with Crippen LogP contribution < -0.4 is 15.8 Å². The van der Waals surface area contributed by atoms with Gasteiger partial charge >= 0.3 is 5.63 Å². The van der Waals surface area contributed by atoms with Crippen LogP contribution in [0.25, 0.3) is 11.0 Å². The third kappa shape index (κ3) is 4.03. The van der Waals surface area contributed by atoms with Gasteiger partial charge in [-0.3, -0.25) is 0 Å². The third-order valence-electron chi connectivity index (χ3n) is 5.11. The summed E-state index contributed by atoms with van der Waals surface area (Å²) < 4.78 is 5.40. The second kappa shape index (κ2) is 7.85. The van der Waals surface area contributed by atoms with Crippen LogP contribution in [0.3, 0.4) is 0 Å². The van der Waals surface area contributed by atoms with E-state index in [1.807, 2.05) is 13.0 Å². The maximum absolute atomic E-state index is 11.9. The van der Waals surface area contributed by atoms with Crippen molar-refractivity contribution >= 4 is 11.0 Å². The molecule has 136 valence electrons. The topological polar surface area (TPSA) is 51.3 Å². The largest absolute Gasteiger partial charge is 0.423 e. The van der Waals surface area contributed by atoms with E-state index >= 15 is 0 Å². The molecule has 0 radical (unpaired) electrons. The molecule has 4 heteroatoms. The summed E-state index contributed by atoms with van der Waals surface area (Å²) in [7, 11) is 4.37. The highest BCUT2D eigenvalue weighted by Crippen LogP contribution is 2.21. The van der Waals surface area contributed by atoms with Crippen LogP contribution in [0.15, 0.2) is 57.7 Å². The molecule has 0 amide bonds. The summed E-state index contributed by atoms with van der Waals surface area (Å²) in [6.07, 6.45) is 0. The minimum Gasteiger partial charge on any atom is -0.423 e. The molecule has 0 aliphatic heterocycles. The lowest BCUT2D eigenvalue weighted by molar-refractivity contribution is -0.910. The summed E-state index contributed by atoms with van der Waals surface area (Å²) in [5.41, 5.74) is 5.14. The molecule has 3 aromatic rings. The zero-order chi connectivity index (χ0) is 18.7. The monoisotopic (exact) mass is 352 g/mol. The average Bonchev–Trinajstić information content (AvgIpc) is 2.60. The van der Waals surface area contributed by atoms with Gasteiger partial charge < -0.3 is 14.6 Å². The first-order valence-electron chi connectivity index (χ1n) is 9.16. The lowest BCUT2D eigenvalue weighted by atomic mass is 10.0. The van der Waals surface area contributed by atoms with Crippen molar-refractivity contribution in [2.45, 2.75) is 26.4 Å². The number of rotatable bonds is 6.